The zero-order chi connectivity index (χ0) is 16.4. The van der Waals surface area contributed by atoms with E-state index in [1.807, 2.05) is 48.5 Å². The maximum atomic E-state index is 8.19. The van der Waals surface area contributed by atoms with Crippen molar-refractivity contribution in [3.05, 3.63) is 83.9 Å². The molecule has 0 unspecified atom stereocenters. The summed E-state index contributed by atoms with van der Waals surface area (Å²) in [5.74, 6) is 0. The lowest BCUT2D eigenvalue weighted by atomic mass is 10.0. The highest BCUT2D eigenvalue weighted by Gasteiger charge is 2.07. The van der Waals surface area contributed by atoms with Crippen LogP contribution >= 0.6 is 0 Å². The number of hydrogen-bond donors (Lipinski definition) is 1. The minimum Gasteiger partial charge on any atom is -0.456 e. The van der Waals surface area contributed by atoms with Gasteiger partial charge in [-0.05, 0) is 48.6 Å². The molecule has 3 aromatic carbocycles. The lowest BCUT2D eigenvalue weighted by Crippen LogP contribution is -1.99. The van der Waals surface area contributed by atoms with E-state index in [4.69, 9.17) is 9.83 Å². The normalized spacial score (nSPS) is 11.2. The van der Waals surface area contributed by atoms with Crippen molar-refractivity contribution in [3.8, 4) is 0 Å². The predicted molar refractivity (Wildman–Crippen MR) is 99.9 cm³/mol. The van der Waals surface area contributed by atoms with Gasteiger partial charge in [-0.1, -0.05) is 54.6 Å². The number of nitrogens with one attached hydrogen (secondary N) is 1. The van der Waals surface area contributed by atoms with Gasteiger partial charge < -0.3 is 9.83 Å². The molecular weight excluding hydrogens is 294 g/mol. The van der Waals surface area contributed by atoms with Gasteiger partial charge in [-0.15, -0.1) is 0 Å². The molecule has 4 aromatic rings. The Morgan fingerprint density at radius 1 is 0.792 bits per heavy atom. The summed E-state index contributed by atoms with van der Waals surface area (Å²) in [6.07, 6.45) is 2.76. The summed E-state index contributed by atoms with van der Waals surface area (Å²) in [6.45, 7) is 0. The van der Waals surface area contributed by atoms with Crippen LogP contribution in [0, 0.1) is 5.41 Å². The smallest absolute Gasteiger partial charge is 0.135 e. The molecular formula is C22H19NO. The lowest BCUT2D eigenvalue weighted by Gasteiger charge is -2.05. The SMILES string of the molecule is N=C(CCCc1ccc2oc3ccccc3c2c1)c1ccccc1. The van der Waals surface area contributed by atoms with Crippen LogP contribution in [0.4, 0.5) is 0 Å². The van der Waals surface area contributed by atoms with Crippen LogP contribution in [-0.4, -0.2) is 5.71 Å². The molecule has 1 heterocycles. The van der Waals surface area contributed by atoms with Gasteiger partial charge in [0.05, 0.1) is 0 Å². The molecule has 0 saturated heterocycles. The molecule has 0 amide bonds. The monoisotopic (exact) mass is 313 g/mol. The zero-order valence-corrected chi connectivity index (χ0v) is 13.5. The number of aryl methyl sites for hydroxylation is 1. The van der Waals surface area contributed by atoms with E-state index in [0.717, 1.165) is 36.0 Å². The van der Waals surface area contributed by atoms with Gasteiger partial charge in [-0.2, -0.15) is 0 Å². The van der Waals surface area contributed by atoms with Crippen molar-refractivity contribution in [1.29, 1.82) is 5.41 Å². The lowest BCUT2D eigenvalue weighted by molar-refractivity contribution is 0.668. The molecule has 24 heavy (non-hydrogen) atoms. The van der Waals surface area contributed by atoms with Gasteiger partial charge in [0.15, 0.2) is 0 Å². The van der Waals surface area contributed by atoms with Gasteiger partial charge in [0.1, 0.15) is 11.2 Å². The van der Waals surface area contributed by atoms with Crippen LogP contribution in [0.25, 0.3) is 21.9 Å². The van der Waals surface area contributed by atoms with Crippen molar-refractivity contribution in [2.75, 3.05) is 0 Å². The van der Waals surface area contributed by atoms with Gasteiger partial charge in [-0.25, -0.2) is 0 Å². The Hall–Kier alpha value is -2.87. The quantitative estimate of drug-likeness (QED) is 0.452. The van der Waals surface area contributed by atoms with Crippen LogP contribution in [0.5, 0.6) is 0 Å². The van der Waals surface area contributed by atoms with Gasteiger partial charge in [0.2, 0.25) is 0 Å². The Morgan fingerprint density at radius 2 is 1.54 bits per heavy atom. The van der Waals surface area contributed by atoms with E-state index in [2.05, 4.69) is 24.3 Å². The molecule has 118 valence electrons. The summed E-state index contributed by atoms with van der Waals surface area (Å²) in [4.78, 5) is 0. The Balaban J connectivity index is 1.49. The minimum atomic E-state index is 0.713. The first-order valence-electron chi connectivity index (χ1n) is 8.34. The van der Waals surface area contributed by atoms with E-state index in [1.165, 1.54) is 16.3 Å². The fraction of sp³-hybridized carbons (Fsp3) is 0.136. The van der Waals surface area contributed by atoms with Gasteiger partial charge in [-0.3, -0.25) is 0 Å². The third kappa shape index (κ3) is 2.83. The highest BCUT2D eigenvalue weighted by molar-refractivity contribution is 6.05. The number of furan rings is 1. The second-order valence-corrected chi connectivity index (χ2v) is 6.13. The molecule has 0 aliphatic carbocycles. The van der Waals surface area contributed by atoms with Crippen molar-refractivity contribution in [2.45, 2.75) is 19.3 Å². The second kappa shape index (κ2) is 6.32. The zero-order valence-electron chi connectivity index (χ0n) is 13.5. The van der Waals surface area contributed by atoms with Crippen LogP contribution in [0.2, 0.25) is 0 Å². The van der Waals surface area contributed by atoms with Gasteiger partial charge in [0, 0.05) is 16.5 Å². The van der Waals surface area contributed by atoms with Gasteiger partial charge in [0.25, 0.3) is 0 Å². The van der Waals surface area contributed by atoms with Crippen molar-refractivity contribution >= 4 is 27.7 Å². The number of para-hydroxylation sites is 1. The summed E-state index contributed by atoms with van der Waals surface area (Å²) in [7, 11) is 0. The van der Waals surface area contributed by atoms with Crippen molar-refractivity contribution in [3.63, 3.8) is 0 Å². The molecule has 0 radical (unpaired) electrons. The molecule has 1 N–H and O–H groups in total. The van der Waals surface area contributed by atoms with E-state index in [9.17, 15) is 0 Å². The average Bonchev–Trinajstić information content (AvgIpc) is 3.00. The summed E-state index contributed by atoms with van der Waals surface area (Å²) >= 11 is 0. The second-order valence-electron chi connectivity index (χ2n) is 6.13. The van der Waals surface area contributed by atoms with Crippen molar-refractivity contribution in [1.82, 2.24) is 0 Å². The molecule has 0 aliphatic rings. The molecule has 2 heteroatoms. The molecule has 0 aliphatic heterocycles. The molecule has 0 fully saturated rings. The molecule has 0 bridgehead atoms. The van der Waals surface area contributed by atoms with Crippen LogP contribution in [0.1, 0.15) is 24.0 Å². The van der Waals surface area contributed by atoms with Crippen LogP contribution in [0.15, 0.2) is 77.2 Å². The fourth-order valence-corrected chi connectivity index (χ4v) is 3.18. The maximum Gasteiger partial charge on any atom is 0.135 e. The predicted octanol–water partition coefficient (Wildman–Crippen LogP) is 5.98. The Kier molecular flexibility index (Phi) is 3.87. The standard InChI is InChI=1S/C22H19NO/c23-20(17-8-2-1-3-9-17)11-6-7-16-13-14-22-19(15-16)18-10-4-5-12-21(18)24-22/h1-5,8-10,12-15,23H,6-7,11H2. The van der Waals surface area contributed by atoms with E-state index in [0.29, 0.717) is 5.71 Å². The number of hydrogen-bond acceptors (Lipinski definition) is 2. The third-order valence-corrected chi connectivity index (χ3v) is 4.46. The number of fused-ring (bicyclic) bond motifs is 3. The first-order valence-corrected chi connectivity index (χ1v) is 8.34. The third-order valence-electron chi connectivity index (χ3n) is 4.46. The molecule has 4 rings (SSSR count). The van der Waals surface area contributed by atoms with E-state index >= 15 is 0 Å². The summed E-state index contributed by atoms with van der Waals surface area (Å²) in [5.41, 5.74) is 4.92. The van der Waals surface area contributed by atoms with Crippen LogP contribution in [-0.2, 0) is 6.42 Å². The summed E-state index contributed by atoms with van der Waals surface area (Å²) in [5, 5.41) is 10.5. The van der Waals surface area contributed by atoms with Crippen LogP contribution in [0.3, 0.4) is 0 Å². The minimum absolute atomic E-state index is 0.713. The van der Waals surface area contributed by atoms with Gasteiger partial charge >= 0.3 is 0 Å². The number of benzene rings is 3. The van der Waals surface area contributed by atoms with E-state index < -0.39 is 0 Å². The highest BCUT2D eigenvalue weighted by Crippen LogP contribution is 2.29. The molecule has 2 nitrogen and oxygen atoms in total. The topological polar surface area (TPSA) is 37.0 Å². The molecule has 0 spiro atoms. The molecule has 0 saturated carbocycles. The first-order chi connectivity index (χ1) is 11.8. The maximum absolute atomic E-state index is 8.19. The molecule has 0 atom stereocenters. The Morgan fingerprint density at radius 3 is 2.42 bits per heavy atom. The summed E-state index contributed by atoms with van der Waals surface area (Å²) < 4.78 is 5.87. The fourth-order valence-electron chi connectivity index (χ4n) is 3.18. The Labute approximate surface area is 141 Å². The van der Waals surface area contributed by atoms with Crippen LogP contribution < -0.4 is 0 Å². The largest absolute Gasteiger partial charge is 0.456 e. The number of rotatable bonds is 5. The van der Waals surface area contributed by atoms with Crippen molar-refractivity contribution < 1.29 is 4.42 Å². The average molecular weight is 313 g/mol. The van der Waals surface area contributed by atoms with E-state index in [-0.39, 0.29) is 0 Å². The van der Waals surface area contributed by atoms with Crippen molar-refractivity contribution in [2.24, 2.45) is 0 Å². The first kappa shape index (κ1) is 14.7. The van der Waals surface area contributed by atoms with E-state index in [1.54, 1.807) is 0 Å². The summed E-state index contributed by atoms with van der Waals surface area (Å²) in [6, 6.07) is 24.6. The highest BCUT2D eigenvalue weighted by atomic mass is 16.3. The Bertz CT molecular complexity index is 998. The molecule has 1 aromatic heterocycles.